The summed E-state index contributed by atoms with van der Waals surface area (Å²) >= 11 is 0. The van der Waals surface area contributed by atoms with Gasteiger partial charge < -0.3 is 9.74 Å². The third-order valence-electron chi connectivity index (χ3n) is 3.92. The van der Waals surface area contributed by atoms with Gasteiger partial charge >= 0.3 is 0 Å². The lowest BCUT2D eigenvalue weighted by atomic mass is 10.1. The SMILES string of the molecule is CC(=NOCc1ccccc1)c1cccc(N2CCCC2=O)c1. The van der Waals surface area contributed by atoms with E-state index in [4.69, 9.17) is 4.84 Å². The van der Waals surface area contributed by atoms with Crippen LogP contribution in [0.25, 0.3) is 0 Å². The number of amides is 1. The van der Waals surface area contributed by atoms with Gasteiger partial charge in [0.2, 0.25) is 5.91 Å². The van der Waals surface area contributed by atoms with E-state index in [9.17, 15) is 4.79 Å². The lowest BCUT2D eigenvalue weighted by Gasteiger charge is -2.16. The van der Waals surface area contributed by atoms with E-state index in [-0.39, 0.29) is 5.91 Å². The van der Waals surface area contributed by atoms with Gasteiger partial charge in [0.05, 0.1) is 5.71 Å². The molecule has 118 valence electrons. The summed E-state index contributed by atoms with van der Waals surface area (Å²) < 4.78 is 0. The van der Waals surface area contributed by atoms with E-state index >= 15 is 0 Å². The highest BCUT2D eigenvalue weighted by molar-refractivity contribution is 6.01. The quantitative estimate of drug-likeness (QED) is 0.623. The zero-order valence-electron chi connectivity index (χ0n) is 13.2. The minimum Gasteiger partial charge on any atom is -0.391 e. The molecule has 1 heterocycles. The fraction of sp³-hybridized carbons (Fsp3) is 0.263. The molecule has 1 fully saturated rings. The lowest BCUT2D eigenvalue weighted by Crippen LogP contribution is -2.23. The lowest BCUT2D eigenvalue weighted by molar-refractivity contribution is -0.117. The third kappa shape index (κ3) is 3.77. The first-order valence-electron chi connectivity index (χ1n) is 7.85. The van der Waals surface area contributed by atoms with Crippen molar-refractivity contribution in [1.29, 1.82) is 0 Å². The molecule has 0 N–H and O–H groups in total. The van der Waals surface area contributed by atoms with Gasteiger partial charge in [0.1, 0.15) is 6.61 Å². The molecule has 1 aliphatic rings. The first-order valence-corrected chi connectivity index (χ1v) is 7.85. The molecule has 0 aliphatic carbocycles. The predicted octanol–water partition coefficient (Wildman–Crippen LogP) is 3.75. The average molecular weight is 308 g/mol. The monoisotopic (exact) mass is 308 g/mol. The maximum Gasteiger partial charge on any atom is 0.227 e. The molecule has 0 saturated carbocycles. The number of nitrogens with zero attached hydrogens (tertiary/aromatic N) is 2. The van der Waals surface area contributed by atoms with Gasteiger partial charge in [-0.05, 0) is 31.0 Å². The zero-order valence-corrected chi connectivity index (χ0v) is 13.2. The van der Waals surface area contributed by atoms with Gasteiger partial charge in [0, 0.05) is 24.2 Å². The van der Waals surface area contributed by atoms with Crippen molar-refractivity contribution in [2.24, 2.45) is 5.16 Å². The fourth-order valence-corrected chi connectivity index (χ4v) is 2.65. The topological polar surface area (TPSA) is 41.9 Å². The minimum absolute atomic E-state index is 0.192. The maximum atomic E-state index is 11.9. The largest absolute Gasteiger partial charge is 0.391 e. The minimum atomic E-state index is 0.192. The molecule has 23 heavy (non-hydrogen) atoms. The summed E-state index contributed by atoms with van der Waals surface area (Å²) in [5.74, 6) is 0.192. The highest BCUT2D eigenvalue weighted by Crippen LogP contribution is 2.22. The van der Waals surface area contributed by atoms with Crippen molar-refractivity contribution in [3.63, 3.8) is 0 Å². The summed E-state index contributed by atoms with van der Waals surface area (Å²) in [7, 11) is 0. The molecule has 0 aromatic heterocycles. The average Bonchev–Trinajstić information content (AvgIpc) is 3.02. The number of rotatable bonds is 5. The van der Waals surface area contributed by atoms with Crippen LogP contribution >= 0.6 is 0 Å². The number of anilines is 1. The van der Waals surface area contributed by atoms with Gasteiger partial charge in [-0.15, -0.1) is 0 Å². The summed E-state index contributed by atoms with van der Waals surface area (Å²) in [5.41, 5.74) is 3.78. The van der Waals surface area contributed by atoms with Crippen LogP contribution in [0, 0.1) is 0 Å². The normalized spacial score (nSPS) is 15.1. The molecule has 0 spiro atoms. The Labute approximate surface area is 136 Å². The van der Waals surface area contributed by atoms with Crippen LogP contribution in [0.3, 0.4) is 0 Å². The number of benzene rings is 2. The van der Waals surface area contributed by atoms with E-state index < -0.39 is 0 Å². The molecule has 2 aromatic rings. The van der Waals surface area contributed by atoms with E-state index in [0.29, 0.717) is 13.0 Å². The molecular weight excluding hydrogens is 288 g/mol. The standard InChI is InChI=1S/C19H20N2O2/c1-15(20-23-14-16-7-3-2-4-8-16)17-9-5-10-18(13-17)21-12-6-11-19(21)22/h2-5,7-10,13H,6,11-12,14H2,1H3. The van der Waals surface area contributed by atoms with Crippen molar-refractivity contribution in [2.75, 3.05) is 11.4 Å². The molecule has 4 heteroatoms. The van der Waals surface area contributed by atoms with Gasteiger partial charge in [-0.1, -0.05) is 47.6 Å². The summed E-state index contributed by atoms with van der Waals surface area (Å²) in [6.07, 6.45) is 1.56. The van der Waals surface area contributed by atoms with E-state index in [0.717, 1.165) is 35.5 Å². The van der Waals surface area contributed by atoms with Crippen LogP contribution in [0.1, 0.15) is 30.9 Å². The summed E-state index contributed by atoms with van der Waals surface area (Å²) in [5, 5.41) is 4.19. The second-order valence-corrected chi connectivity index (χ2v) is 5.63. The van der Waals surface area contributed by atoms with Crippen LogP contribution in [-0.2, 0) is 16.2 Å². The number of hydrogen-bond donors (Lipinski definition) is 0. The van der Waals surface area contributed by atoms with E-state index in [1.54, 1.807) is 0 Å². The van der Waals surface area contributed by atoms with Gasteiger partial charge in [-0.25, -0.2) is 0 Å². The molecule has 0 unspecified atom stereocenters. The van der Waals surface area contributed by atoms with Crippen LogP contribution in [-0.4, -0.2) is 18.2 Å². The Morgan fingerprint density at radius 1 is 1.17 bits per heavy atom. The van der Waals surface area contributed by atoms with Crippen LogP contribution in [0.15, 0.2) is 59.8 Å². The van der Waals surface area contributed by atoms with Crippen molar-refractivity contribution in [3.05, 3.63) is 65.7 Å². The molecule has 1 amide bonds. The Balaban J connectivity index is 1.68. The number of oxime groups is 1. The Hall–Kier alpha value is -2.62. The maximum absolute atomic E-state index is 11.9. The zero-order chi connectivity index (χ0) is 16.1. The van der Waals surface area contributed by atoms with Crippen LogP contribution in [0.4, 0.5) is 5.69 Å². The molecule has 1 saturated heterocycles. The first kappa shape index (κ1) is 15.3. The van der Waals surface area contributed by atoms with Crippen molar-refractivity contribution in [1.82, 2.24) is 0 Å². The number of carbonyl (C=O) groups excluding carboxylic acids is 1. The van der Waals surface area contributed by atoms with Crippen molar-refractivity contribution in [2.45, 2.75) is 26.4 Å². The Bertz CT molecular complexity index is 710. The third-order valence-corrected chi connectivity index (χ3v) is 3.92. The van der Waals surface area contributed by atoms with Crippen molar-refractivity contribution < 1.29 is 9.63 Å². The fourth-order valence-electron chi connectivity index (χ4n) is 2.65. The van der Waals surface area contributed by atoms with Gasteiger partial charge in [0.15, 0.2) is 0 Å². The van der Waals surface area contributed by atoms with E-state index in [2.05, 4.69) is 5.16 Å². The molecular formula is C19H20N2O2. The van der Waals surface area contributed by atoms with Crippen molar-refractivity contribution in [3.8, 4) is 0 Å². The summed E-state index contributed by atoms with van der Waals surface area (Å²) in [6.45, 7) is 3.15. The molecule has 0 bridgehead atoms. The van der Waals surface area contributed by atoms with Gasteiger partial charge in [-0.2, -0.15) is 0 Å². The molecule has 3 rings (SSSR count). The predicted molar refractivity (Wildman–Crippen MR) is 91.5 cm³/mol. The molecule has 2 aromatic carbocycles. The number of hydrogen-bond acceptors (Lipinski definition) is 3. The second-order valence-electron chi connectivity index (χ2n) is 5.63. The summed E-state index contributed by atoms with van der Waals surface area (Å²) in [4.78, 5) is 19.1. The second kappa shape index (κ2) is 7.09. The molecule has 0 radical (unpaired) electrons. The van der Waals surface area contributed by atoms with E-state index in [1.165, 1.54) is 0 Å². The first-order chi connectivity index (χ1) is 11.2. The Morgan fingerprint density at radius 3 is 2.74 bits per heavy atom. The van der Waals surface area contributed by atoms with Crippen LogP contribution in [0.5, 0.6) is 0 Å². The Morgan fingerprint density at radius 2 is 2.00 bits per heavy atom. The number of carbonyl (C=O) groups is 1. The molecule has 0 atom stereocenters. The smallest absolute Gasteiger partial charge is 0.227 e. The summed E-state index contributed by atoms with van der Waals surface area (Å²) in [6, 6.07) is 17.8. The van der Waals surface area contributed by atoms with Crippen molar-refractivity contribution >= 4 is 17.3 Å². The molecule has 4 nitrogen and oxygen atoms in total. The molecule has 1 aliphatic heterocycles. The van der Waals surface area contributed by atoms with Crippen LogP contribution in [0.2, 0.25) is 0 Å². The Kier molecular flexibility index (Phi) is 4.71. The van der Waals surface area contributed by atoms with Gasteiger partial charge in [-0.3, -0.25) is 4.79 Å². The highest BCUT2D eigenvalue weighted by atomic mass is 16.6. The van der Waals surface area contributed by atoms with E-state index in [1.807, 2.05) is 66.4 Å². The highest BCUT2D eigenvalue weighted by Gasteiger charge is 2.21. The van der Waals surface area contributed by atoms with Gasteiger partial charge in [0.25, 0.3) is 0 Å². The van der Waals surface area contributed by atoms with Crippen LogP contribution < -0.4 is 4.90 Å².